The van der Waals surface area contributed by atoms with Crippen molar-refractivity contribution in [2.24, 2.45) is 11.8 Å². The number of rotatable bonds is 4. The number of nitrogens with one attached hydrogen (secondary N) is 1. The van der Waals surface area contributed by atoms with Gasteiger partial charge in [-0.2, -0.15) is 4.31 Å². The Bertz CT molecular complexity index is 584. The average molecular weight is 298 g/mol. The number of aromatic nitrogens is 2. The van der Waals surface area contributed by atoms with Crippen molar-refractivity contribution in [1.82, 2.24) is 19.2 Å². The smallest absolute Gasteiger partial charge is 0.262 e. The number of sulfonamides is 1. The minimum absolute atomic E-state index is 0.205. The van der Waals surface area contributed by atoms with Crippen LogP contribution >= 0.6 is 0 Å². The summed E-state index contributed by atoms with van der Waals surface area (Å²) in [6.07, 6.45) is 2.65. The van der Waals surface area contributed by atoms with Gasteiger partial charge in [-0.15, -0.1) is 0 Å². The molecule has 0 aliphatic carbocycles. The Labute approximate surface area is 120 Å². The SMILES string of the molecule is CCCn1cc(S(=O)(=O)N2CC3CNCC3C2)nc1C. The van der Waals surface area contributed by atoms with Crippen molar-refractivity contribution in [2.75, 3.05) is 26.2 Å². The quantitative estimate of drug-likeness (QED) is 0.876. The number of hydrogen-bond acceptors (Lipinski definition) is 4. The van der Waals surface area contributed by atoms with E-state index in [0.29, 0.717) is 24.9 Å². The van der Waals surface area contributed by atoms with E-state index in [0.717, 1.165) is 31.9 Å². The lowest BCUT2D eigenvalue weighted by molar-refractivity contribution is 0.446. The van der Waals surface area contributed by atoms with Crippen LogP contribution in [0.5, 0.6) is 0 Å². The van der Waals surface area contributed by atoms with E-state index < -0.39 is 10.0 Å². The maximum absolute atomic E-state index is 12.7. The second-order valence-corrected chi connectivity index (χ2v) is 7.70. The van der Waals surface area contributed by atoms with Crippen LogP contribution in [0, 0.1) is 18.8 Å². The van der Waals surface area contributed by atoms with Gasteiger partial charge in [0.25, 0.3) is 10.0 Å². The minimum atomic E-state index is -3.43. The summed E-state index contributed by atoms with van der Waals surface area (Å²) in [6.45, 7) is 7.85. The van der Waals surface area contributed by atoms with Gasteiger partial charge < -0.3 is 9.88 Å². The normalized spacial score (nSPS) is 27.1. The molecule has 2 aliphatic rings. The molecule has 2 aliphatic heterocycles. The highest BCUT2D eigenvalue weighted by Crippen LogP contribution is 2.30. The third-order valence-corrected chi connectivity index (χ3v) is 6.08. The van der Waals surface area contributed by atoms with Crippen molar-refractivity contribution in [2.45, 2.75) is 31.8 Å². The number of fused-ring (bicyclic) bond motifs is 1. The first-order valence-corrected chi connectivity index (χ1v) is 8.71. The average Bonchev–Trinajstić information content (AvgIpc) is 3.04. The highest BCUT2D eigenvalue weighted by molar-refractivity contribution is 7.89. The second-order valence-electron chi connectivity index (χ2n) is 5.82. The molecule has 0 aromatic carbocycles. The molecule has 0 amide bonds. The molecule has 0 spiro atoms. The van der Waals surface area contributed by atoms with Gasteiger partial charge in [0.2, 0.25) is 0 Å². The topological polar surface area (TPSA) is 67.2 Å². The zero-order valence-electron chi connectivity index (χ0n) is 12.0. The van der Waals surface area contributed by atoms with Crippen LogP contribution in [0.25, 0.3) is 0 Å². The van der Waals surface area contributed by atoms with Crippen molar-refractivity contribution >= 4 is 10.0 Å². The molecule has 1 aromatic rings. The van der Waals surface area contributed by atoms with Gasteiger partial charge in [0.15, 0.2) is 5.03 Å². The van der Waals surface area contributed by atoms with Crippen molar-refractivity contribution in [3.8, 4) is 0 Å². The van der Waals surface area contributed by atoms with E-state index in [1.807, 2.05) is 11.5 Å². The summed E-state index contributed by atoms with van der Waals surface area (Å²) in [7, 11) is -3.43. The minimum Gasteiger partial charge on any atom is -0.334 e. The van der Waals surface area contributed by atoms with E-state index in [2.05, 4.69) is 17.2 Å². The van der Waals surface area contributed by atoms with E-state index in [1.54, 1.807) is 10.5 Å². The van der Waals surface area contributed by atoms with Crippen molar-refractivity contribution in [3.63, 3.8) is 0 Å². The molecule has 2 fully saturated rings. The summed E-state index contributed by atoms with van der Waals surface area (Å²) in [5.74, 6) is 1.69. The lowest BCUT2D eigenvalue weighted by atomic mass is 10.0. The molecule has 2 atom stereocenters. The molecule has 0 saturated carbocycles. The lowest BCUT2D eigenvalue weighted by Gasteiger charge is -2.15. The van der Waals surface area contributed by atoms with E-state index >= 15 is 0 Å². The fourth-order valence-corrected chi connectivity index (χ4v) is 4.76. The van der Waals surface area contributed by atoms with E-state index in [1.165, 1.54) is 0 Å². The monoisotopic (exact) mass is 298 g/mol. The predicted octanol–water partition coefficient (Wildman–Crippen LogP) is 0.441. The molecular formula is C13H22N4O2S. The molecular weight excluding hydrogens is 276 g/mol. The molecule has 3 heterocycles. The summed E-state index contributed by atoms with van der Waals surface area (Å²) in [4.78, 5) is 4.26. The summed E-state index contributed by atoms with van der Waals surface area (Å²) in [5, 5.41) is 3.53. The van der Waals surface area contributed by atoms with Crippen LogP contribution in [-0.2, 0) is 16.6 Å². The molecule has 1 aromatic heterocycles. The van der Waals surface area contributed by atoms with E-state index in [4.69, 9.17) is 0 Å². The maximum Gasteiger partial charge on any atom is 0.262 e. The van der Waals surface area contributed by atoms with E-state index in [-0.39, 0.29) is 5.03 Å². The molecule has 6 nitrogen and oxygen atoms in total. The van der Waals surface area contributed by atoms with E-state index in [9.17, 15) is 8.42 Å². The first-order chi connectivity index (χ1) is 9.52. The summed E-state index contributed by atoms with van der Waals surface area (Å²) in [5.41, 5.74) is 0. The fourth-order valence-electron chi connectivity index (χ4n) is 3.21. The second kappa shape index (κ2) is 5.13. The highest BCUT2D eigenvalue weighted by atomic mass is 32.2. The van der Waals surface area contributed by atoms with Crippen molar-refractivity contribution < 1.29 is 8.42 Å². The highest BCUT2D eigenvalue weighted by Gasteiger charge is 2.42. The first kappa shape index (κ1) is 14.0. The molecule has 0 bridgehead atoms. The van der Waals surface area contributed by atoms with Gasteiger partial charge in [0, 0.05) is 25.8 Å². The fraction of sp³-hybridized carbons (Fsp3) is 0.769. The molecule has 1 N–H and O–H groups in total. The Morgan fingerprint density at radius 2 is 2.00 bits per heavy atom. The summed E-state index contributed by atoms with van der Waals surface area (Å²) < 4.78 is 28.9. The molecule has 7 heteroatoms. The van der Waals surface area contributed by atoms with Crippen LogP contribution < -0.4 is 5.32 Å². The van der Waals surface area contributed by atoms with Gasteiger partial charge in [0.1, 0.15) is 5.82 Å². The van der Waals surface area contributed by atoms with Gasteiger partial charge in [-0.05, 0) is 38.3 Å². The molecule has 0 radical (unpaired) electrons. The van der Waals surface area contributed by atoms with Crippen LogP contribution in [0.3, 0.4) is 0 Å². The zero-order chi connectivity index (χ0) is 14.3. The predicted molar refractivity (Wildman–Crippen MR) is 75.9 cm³/mol. The molecule has 2 saturated heterocycles. The Morgan fingerprint density at radius 3 is 2.60 bits per heavy atom. The molecule has 20 heavy (non-hydrogen) atoms. The standard InChI is InChI=1S/C13H22N4O2S/c1-3-4-16-9-13(15-10(16)2)20(18,19)17-7-11-5-14-6-12(11)8-17/h9,11-12,14H,3-8H2,1-2H3. The summed E-state index contributed by atoms with van der Waals surface area (Å²) >= 11 is 0. The molecule has 112 valence electrons. The Balaban J connectivity index is 1.83. The Hall–Kier alpha value is -0.920. The Kier molecular flexibility index (Phi) is 3.60. The van der Waals surface area contributed by atoms with Crippen LogP contribution in [0.15, 0.2) is 11.2 Å². The van der Waals surface area contributed by atoms with Gasteiger partial charge in [-0.25, -0.2) is 13.4 Å². The van der Waals surface area contributed by atoms with Gasteiger partial charge >= 0.3 is 0 Å². The van der Waals surface area contributed by atoms with Crippen LogP contribution in [0.2, 0.25) is 0 Å². The van der Waals surface area contributed by atoms with Gasteiger partial charge in [-0.1, -0.05) is 6.92 Å². The maximum atomic E-state index is 12.7. The van der Waals surface area contributed by atoms with Crippen LogP contribution in [0.4, 0.5) is 0 Å². The summed E-state index contributed by atoms with van der Waals surface area (Å²) in [6, 6.07) is 0. The largest absolute Gasteiger partial charge is 0.334 e. The third-order valence-electron chi connectivity index (χ3n) is 4.38. The van der Waals surface area contributed by atoms with Crippen molar-refractivity contribution in [1.29, 1.82) is 0 Å². The first-order valence-electron chi connectivity index (χ1n) is 7.27. The number of imidazole rings is 1. The Morgan fingerprint density at radius 1 is 1.35 bits per heavy atom. The number of aryl methyl sites for hydroxylation is 2. The third kappa shape index (κ3) is 2.27. The lowest BCUT2D eigenvalue weighted by Crippen LogP contribution is -2.32. The van der Waals surface area contributed by atoms with Crippen molar-refractivity contribution in [3.05, 3.63) is 12.0 Å². The van der Waals surface area contributed by atoms with Gasteiger partial charge in [-0.3, -0.25) is 0 Å². The number of nitrogens with zero attached hydrogens (tertiary/aromatic N) is 3. The molecule has 2 unspecified atom stereocenters. The molecule has 3 rings (SSSR count). The van der Waals surface area contributed by atoms with Gasteiger partial charge in [0.05, 0.1) is 0 Å². The van der Waals surface area contributed by atoms with Crippen LogP contribution in [0.1, 0.15) is 19.2 Å². The number of hydrogen-bond donors (Lipinski definition) is 1. The zero-order valence-corrected chi connectivity index (χ0v) is 12.9. The van der Waals surface area contributed by atoms with Crippen LogP contribution in [-0.4, -0.2) is 48.5 Å².